The normalized spacial score (nSPS) is 16.1. The third-order valence-electron chi connectivity index (χ3n) is 8.11. The van der Waals surface area contributed by atoms with Crippen LogP contribution in [0.4, 0.5) is 0 Å². The van der Waals surface area contributed by atoms with E-state index in [2.05, 4.69) is 33.8 Å². The van der Waals surface area contributed by atoms with Crippen LogP contribution in [0.2, 0.25) is 0 Å². The number of hydrogen-bond acceptors (Lipinski definition) is 4. The van der Waals surface area contributed by atoms with E-state index in [4.69, 9.17) is 0 Å². The quantitative estimate of drug-likeness (QED) is 0.197. The van der Waals surface area contributed by atoms with Crippen molar-refractivity contribution in [2.24, 2.45) is 0 Å². The van der Waals surface area contributed by atoms with Gasteiger partial charge in [0, 0.05) is 64.5 Å². The van der Waals surface area contributed by atoms with Gasteiger partial charge in [-0.3, -0.25) is 19.2 Å². The van der Waals surface area contributed by atoms with E-state index in [1.54, 1.807) is 13.0 Å². The van der Waals surface area contributed by atoms with E-state index in [-0.39, 0.29) is 96.6 Å². The number of aromatic nitrogens is 2. The molecule has 0 spiro atoms. The van der Waals surface area contributed by atoms with Crippen molar-refractivity contribution in [1.82, 2.24) is 20.6 Å². The van der Waals surface area contributed by atoms with Crippen molar-refractivity contribution in [3.05, 3.63) is 104 Å². The first-order valence-corrected chi connectivity index (χ1v) is 13.9. The first kappa shape index (κ1) is 38.1. The van der Waals surface area contributed by atoms with Crippen molar-refractivity contribution in [1.29, 1.82) is 0 Å². The number of amides is 2. The molecule has 228 valence electrons. The van der Waals surface area contributed by atoms with E-state index in [1.165, 1.54) is 6.08 Å². The number of nitrogens with one attached hydrogen (secondary N) is 4. The second-order valence-electron chi connectivity index (χ2n) is 10.7. The molecule has 4 heterocycles. The number of aliphatic carboxylic acids is 2. The van der Waals surface area contributed by atoms with Crippen molar-refractivity contribution >= 4 is 95.0 Å². The van der Waals surface area contributed by atoms with Crippen LogP contribution in [0.5, 0.6) is 0 Å². The first-order chi connectivity index (χ1) is 20.4. The van der Waals surface area contributed by atoms with Gasteiger partial charge in [0.15, 0.2) is 0 Å². The Morgan fingerprint density at radius 3 is 1.56 bits per heavy atom. The summed E-state index contributed by atoms with van der Waals surface area (Å²) in [7, 11) is 0. The van der Waals surface area contributed by atoms with Crippen molar-refractivity contribution < 1.29 is 29.4 Å². The fraction of sp³-hybridized carbons (Fsp3) is 0.273. The average Bonchev–Trinajstić information content (AvgIpc) is 3.59. The summed E-state index contributed by atoms with van der Waals surface area (Å²) in [5, 5.41) is 24.6. The fourth-order valence-electron chi connectivity index (χ4n) is 5.61. The SMILES string of the molecule is C=CC1=C(C)/C(=C/c2[nH]c(Cc3[nH]c(/C=C4\NC(=O)C(C)=C4C=C)c(C)c3CCC(=O)O)c(CCC(=O)O)c2C)NC1=O.[NaH].[NaH]. The van der Waals surface area contributed by atoms with Gasteiger partial charge in [-0.05, 0) is 80.5 Å². The maximum atomic E-state index is 12.3. The minimum atomic E-state index is -0.922. The van der Waals surface area contributed by atoms with Gasteiger partial charge in [0.25, 0.3) is 11.8 Å². The number of carbonyl (C=O) groups excluding carboxylic acids is 2. The molecule has 0 atom stereocenters. The summed E-state index contributed by atoms with van der Waals surface area (Å²) >= 11 is 0. The Balaban J connectivity index is 0.00000353. The Morgan fingerprint density at radius 1 is 0.689 bits per heavy atom. The number of carboxylic acid groups (broad SMARTS) is 2. The average molecular weight is 633 g/mol. The summed E-state index contributed by atoms with van der Waals surface area (Å²) in [5.41, 5.74) is 10.2. The molecular weight excluding hydrogens is 594 g/mol. The number of rotatable bonds is 12. The summed E-state index contributed by atoms with van der Waals surface area (Å²) in [6.07, 6.45) is 7.58. The summed E-state index contributed by atoms with van der Waals surface area (Å²) in [6, 6.07) is 0. The molecule has 2 aliphatic heterocycles. The molecule has 0 saturated carbocycles. The molecular formula is C33H38N4Na2O6. The van der Waals surface area contributed by atoms with Gasteiger partial charge in [-0.25, -0.2) is 0 Å². The maximum absolute atomic E-state index is 12.3. The van der Waals surface area contributed by atoms with Crippen molar-refractivity contribution in [3.8, 4) is 0 Å². The first-order valence-electron chi connectivity index (χ1n) is 13.9. The van der Waals surface area contributed by atoms with E-state index >= 15 is 0 Å². The molecule has 0 bridgehead atoms. The van der Waals surface area contributed by atoms with Gasteiger partial charge in [0.1, 0.15) is 0 Å². The molecule has 0 radical (unpaired) electrons. The Labute approximate surface area is 306 Å². The van der Waals surface area contributed by atoms with Crippen LogP contribution in [0.25, 0.3) is 12.2 Å². The third-order valence-corrected chi connectivity index (χ3v) is 8.11. The predicted octanol–water partition coefficient (Wildman–Crippen LogP) is 3.23. The molecule has 6 N–H and O–H groups in total. The summed E-state index contributed by atoms with van der Waals surface area (Å²) in [6.45, 7) is 14.9. The molecule has 0 unspecified atom stereocenters. The van der Waals surface area contributed by atoms with E-state index in [0.717, 1.165) is 50.6 Å². The summed E-state index contributed by atoms with van der Waals surface area (Å²) in [5.74, 6) is -2.28. The van der Waals surface area contributed by atoms with Crippen molar-refractivity contribution in [2.75, 3.05) is 0 Å². The van der Waals surface area contributed by atoms with E-state index in [0.29, 0.717) is 34.5 Å². The molecule has 12 heteroatoms. The van der Waals surface area contributed by atoms with Crippen LogP contribution in [-0.4, -0.2) is 103 Å². The Bertz CT molecular complexity index is 1720. The fourth-order valence-corrected chi connectivity index (χ4v) is 5.61. The van der Waals surface area contributed by atoms with E-state index < -0.39 is 11.9 Å². The van der Waals surface area contributed by atoms with E-state index in [9.17, 15) is 29.4 Å². The predicted molar refractivity (Wildman–Crippen MR) is 178 cm³/mol. The second-order valence-corrected chi connectivity index (χ2v) is 10.7. The number of carboxylic acids is 2. The molecule has 45 heavy (non-hydrogen) atoms. The molecule has 2 amide bonds. The molecule has 0 aromatic carbocycles. The molecule has 4 rings (SSSR count). The molecule has 0 fully saturated rings. The molecule has 0 saturated heterocycles. The monoisotopic (exact) mass is 632 g/mol. The van der Waals surface area contributed by atoms with Crippen LogP contribution >= 0.6 is 0 Å². The van der Waals surface area contributed by atoms with Crippen molar-refractivity contribution in [3.63, 3.8) is 0 Å². The van der Waals surface area contributed by atoms with Crippen LogP contribution < -0.4 is 10.6 Å². The third kappa shape index (κ3) is 8.19. The van der Waals surface area contributed by atoms with Gasteiger partial charge in [-0.1, -0.05) is 25.3 Å². The zero-order valence-corrected chi connectivity index (χ0v) is 24.8. The van der Waals surface area contributed by atoms with Crippen LogP contribution in [-0.2, 0) is 38.4 Å². The number of aromatic amines is 2. The van der Waals surface area contributed by atoms with Crippen LogP contribution in [0.1, 0.15) is 71.7 Å². The number of carbonyl (C=O) groups is 4. The van der Waals surface area contributed by atoms with Crippen molar-refractivity contribution in [2.45, 2.75) is 59.8 Å². The summed E-state index contributed by atoms with van der Waals surface area (Å²) in [4.78, 5) is 54.5. The Hall–Kier alpha value is -3.12. The molecule has 0 aliphatic carbocycles. The van der Waals surface area contributed by atoms with Gasteiger partial charge in [0.2, 0.25) is 0 Å². The van der Waals surface area contributed by atoms with Gasteiger partial charge in [0.05, 0.1) is 5.70 Å². The number of H-pyrrole nitrogens is 2. The topological polar surface area (TPSA) is 164 Å². The zero-order valence-electron chi connectivity index (χ0n) is 24.8. The Morgan fingerprint density at radius 2 is 1.13 bits per heavy atom. The van der Waals surface area contributed by atoms with Gasteiger partial charge in [-0.2, -0.15) is 0 Å². The number of allylic oxidation sites excluding steroid dienone is 2. The van der Waals surface area contributed by atoms with Crippen LogP contribution in [0, 0.1) is 13.8 Å². The van der Waals surface area contributed by atoms with Crippen LogP contribution in [0.15, 0.2) is 59.0 Å². The summed E-state index contributed by atoms with van der Waals surface area (Å²) < 4.78 is 0. The standard InChI is InChI=1S/C33H36N4O6.2Na.2H/c1-7-20-19(6)32(42)37-27(20)14-25-18(5)23(10-12-31(40)41)29(35-25)15-28-22(9-11-30(38)39)17(4)24(34-28)13-26-16(3)21(8-2)33(43)36-26;;;;/h7-8,13-14,34-35H,1-2,9-12,15H2,3-6H3,(H,36,43)(H,37,42)(H,38,39)(H,40,41);;;;/b26-13-,27-14-;;;;. The molecule has 2 aromatic heterocycles. The van der Waals surface area contributed by atoms with Crippen LogP contribution in [0.3, 0.4) is 0 Å². The second kappa shape index (κ2) is 15.9. The van der Waals surface area contributed by atoms with Gasteiger partial charge < -0.3 is 30.8 Å². The zero-order chi connectivity index (χ0) is 31.6. The Kier molecular flexibility index (Phi) is 13.5. The molecule has 10 nitrogen and oxygen atoms in total. The number of hydrogen-bond donors (Lipinski definition) is 6. The van der Waals surface area contributed by atoms with Gasteiger partial charge >= 0.3 is 71.1 Å². The molecule has 2 aromatic rings. The molecule has 2 aliphatic rings. The van der Waals surface area contributed by atoms with E-state index in [1.807, 2.05) is 32.9 Å². The minimum absolute atomic E-state index is 0. The van der Waals surface area contributed by atoms with Gasteiger partial charge in [-0.15, -0.1) is 0 Å².